The van der Waals surface area contributed by atoms with E-state index in [1.54, 1.807) is 26.4 Å². The molecule has 3 heterocycles. The number of halogens is 1. The molecule has 0 saturated carbocycles. The highest BCUT2D eigenvalue weighted by molar-refractivity contribution is 6.30. The van der Waals surface area contributed by atoms with Gasteiger partial charge in [-0.25, -0.2) is 4.98 Å². The van der Waals surface area contributed by atoms with Crippen LogP contribution in [-0.4, -0.2) is 29.9 Å². The molecule has 0 aliphatic carbocycles. The van der Waals surface area contributed by atoms with Gasteiger partial charge in [-0.1, -0.05) is 49.7 Å². The van der Waals surface area contributed by atoms with E-state index in [0.717, 1.165) is 27.6 Å². The standard InChI is InChI=1S/C25H21ClN2O4.C2H6/c1-28-23(29)14-21(16-4-3-5-20(12-16)30-2)22-13-18(15-27-24(22)28)25(31-10-11-32-25)17-6-8-19(26)9-7-17;1-2/h3-9,12-15H,10-11H2,1-2H3;1-2H3. The van der Waals surface area contributed by atoms with Crippen LogP contribution in [0.15, 0.2) is 71.7 Å². The van der Waals surface area contributed by atoms with Crippen molar-refractivity contribution < 1.29 is 14.2 Å². The molecule has 1 fully saturated rings. The van der Waals surface area contributed by atoms with Crippen molar-refractivity contribution in [2.24, 2.45) is 7.05 Å². The normalized spacial score (nSPS) is 14.5. The van der Waals surface area contributed by atoms with Crippen molar-refractivity contribution in [2.75, 3.05) is 20.3 Å². The predicted octanol–water partition coefficient (Wildman–Crippen LogP) is 5.54. The van der Waals surface area contributed by atoms with Crippen molar-refractivity contribution in [2.45, 2.75) is 19.6 Å². The van der Waals surface area contributed by atoms with Crippen LogP contribution in [0, 0.1) is 0 Å². The lowest BCUT2D eigenvalue weighted by Crippen LogP contribution is -2.29. The minimum atomic E-state index is -1.09. The third kappa shape index (κ3) is 4.20. The number of hydrogen-bond donors (Lipinski definition) is 0. The number of ether oxygens (including phenoxy) is 3. The quantitative estimate of drug-likeness (QED) is 0.385. The number of nitrogens with zero attached hydrogens (tertiary/aromatic N) is 2. The van der Waals surface area contributed by atoms with Crippen molar-refractivity contribution >= 4 is 22.6 Å². The van der Waals surface area contributed by atoms with Gasteiger partial charge in [-0.05, 0) is 41.5 Å². The first-order valence-corrected chi connectivity index (χ1v) is 11.6. The van der Waals surface area contributed by atoms with Gasteiger partial charge in [0.05, 0.1) is 20.3 Å². The smallest absolute Gasteiger partial charge is 0.252 e. The minimum Gasteiger partial charge on any atom is -0.497 e. The Hall–Kier alpha value is -3.19. The Morgan fingerprint density at radius 3 is 2.38 bits per heavy atom. The van der Waals surface area contributed by atoms with Gasteiger partial charge in [0.2, 0.25) is 5.79 Å². The van der Waals surface area contributed by atoms with Gasteiger partial charge < -0.3 is 14.2 Å². The number of aromatic nitrogens is 2. The summed E-state index contributed by atoms with van der Waals surface area (Å²) in [6, 6.07) is 18.6. The van der Waals surface area contributed by atoms with E-state index in [9.17, 15) is 4.79 Å². The maximum atomic E-state index is 12.7. The molecular formula is C27H27ClN2O4. The monoisotopic (exact) mass is 478 g/mol. The van der Waals surface area contributed by atoms with Gasteiger partial charge in [0.25, 0.3) is 5.56 Å². The first kappa shape index (κ1) is 24.0. The summed E-state index contributed by atoms with van der Waals surface area (Å²) in [5.74, 6) is -0.382. The molecule has 0 spiro atoms. The molecule has 6 nitrogen and oxygen atoms in total. The molecule has 1 saturated heterocycles. The maximum absolute atomic E-state index is 12.7. The Bertz CT molecular complexity index is 1360. The van der Waals surface area contributed by atoms with E-state index in [4.69, 9.17) is 25.8 Å². The van der Waals surface area contributed by atoms with Gasteiger partial charge in [-0.15, -0.1) is 0 Å². The van der Waals surface area contributed by atoms with E-state index in [0.29, 0.717) is 29.6 Å². The van der Waals surface area contributed by atoms with Crippen molar-refractivity contribution in [1.82, 2.24) is 9.55 Å². The molecule has 5 rings (SSSR count). The van der Waals surface area contributed by atoms with Crippen LogP contribution in [0.25, 0.3) is 22.2 Å². The maximum Gasteiger partial charge on any atom is 0.252 e. The first-order valence-electron chi connectivity index (χ1n) is 11.2. The lowest BCUT2D eigenvalue weighted by Gasteiger charge is -2.28. The van der Waals surface area contributed by atoms with Gasteiger partial charge >= 0.3 is 0 Å². The lowest BCUT2D eigenvalue weighted by molar-refractivity contribution is -0.130. The summed E-state index contributed by atoms with van der Waals surface area (Å²) in [5.41, 5.74) is 3.63. The molecule has 0 unspecified atom stereocenters. The molecule has 2 aromatic carbocycles. The summed E-state index contributed by atoms with van der Waals surface area (Å²) in [7, 11) is 3.33. The fourth-order valence-corrected chi connectivity index (χ4v) is 4.24. The third-order valence-electron chi connectivity index (χ3n) is 5.75. The second-order valence-electron chi connectivity index (χ2n) is 7.60. The van der Waals surface area contributed by atoms with Gasteiger partial charge in [0.1, 0.15) is 11.4 Å². The molecular weight excluding hydrogens is 452 g/mol. The van der Waals surface area contributed by atoms with E-state index in [1.165, 1.54) is 4.57 Å². The summed E-state index contributed by atoms with van der Waals surface area (Å²) in [6.45, 7) is 4.91. The minimum absolute atomic E-state index is 0.142. The van der Waals surface area contributed by atoms with E-state index in [2.05, 4.69) is 4.98 Å². The van der Waals surface area contributed by atoms with Gasteiger partial charge in [-0.2, -0.15) is 0 Å². The van der Waals surface area contributed by atoms with Crippen LogP contribution in [-0.2, 0) is 22.3 Å². The Morgan fingerprint density at radius 1 is 1.00 bits per heavy atom. The second kappa shape index (κ2) is 9.97. The van der Waals surface area contributed by atoms with E-state index >= 15 is 0 Å². The average Bonchev–Trinajstić information content (AvgIpc) is 3.39. The predicted molar refractivity (Wildman–Crippen MR) is 134 cm³/mol. The fourth-order valence-electron chi connectivity index (χ4n) is 4.12. The van der Waals surface area contributed by atoms with Crippen LogP contribution in [0.3, 0.4) is 0 Å². The van der Waals surface area contributed by atoms with Crippen LogP contribution in [0.1, 0.15) is 25.0 Å². The molecule has 0 radical (unpaired) electrons. The molecule has 176 valence electrons. The summed E-state index contributed by atoms with van der Waals surface area (Å²) in [4.78, 5) is 17.3. The highest BCUT2D eigenvalue weighted by Crippen LogP contribution is 2.40. The number of methoxy groups -OCH3 is 1. The van der Waals surface area contributed by atoms with Crippen molar-refractivity contribution in [1.29, 1.82) is 0 Å². The molecule has 0 bridgehead atoms. The molecule has 0 atom stereocenters. The molecule has 7 heteroatoms. The van der Waals surface area contributed by atoms with Gasteiger partial charge in [0.15, 0.2) is 0 Å². The third-order valence-corrected chi connectivity index (χ3v) is 6.00. The number of benzene rings is 2. The first-order chi connectivity index (χ1) is 16.5. The molecule has 1 aliphatic rings. The molecule has 4 aromatic rings. The molecule has 2 aromatic heterocycles. The highest BCUT2D eigenvalue weighted by atomic mass is 35.5. The molecule has 34 heavy (non-hydrogen) atoms. The molecule has 1 aliphatic heterocycles. The zero-order chi connectivity index (χ0) is 24.3. The summed E-state index contributed by atoms with van der Waals surface area (Å²) >= 11 is 6.10. The zero-order valence-corrected chi connectivity index (χ0v) is 20.4. The molecule has 0 N–H and O–H groups in total. The molecule has 0 amide bonds. The zero-order valence-electron chi connectivity index (χ0n) is 19.7. The van der Waals surface area contributed by atoms with Crippen LogP contribution in [0.2, 0.25) is 5.02 Å². The van der Waals surface area contributed by atoms with Crippen LogP contribution >= 0.6 is 11.6 Å². The SMILES string of the molecule is CC.COc1cccc(-c2cc(=O)n(C)c3ncc(C4(c5ccc(Cl)cc5)OCCO4)cc23)c1. The number of fused-ring (bicyclic) bond motifs is 1. The highest BCUT2D eigenvalue weighted by Gasteiger charge is 2.41. The van der Waals surface area contributed by atoms with Crippen LogP contribution in [0.5, 0.6) is 5.75 Å². The number of rotatable bonds is 4. The van der Waals surface area contributed by atoms with Crippen LogP contribution in [0.4, 0.5) is 0 Å². The summed E-state index contributed by atoms with van der Waals surface area (Å²) in [5, 5.41) is 1.44. The Kier molecular flexibility index (Phi) is 7.03. The Morgan fingerprint density at radius 2 is 1.71 bits per heavy atom. The number of aryl methyl sites for hydroxylation is 1. The Labute approximate surface area is 203 Å². The van der Waals surface area contributed by atoms with Crippen LogP contribution < -0.4 is 10.3 Å². The van der Waals surface area contributed by atoms with E-state index < -0.39 is 5.79 Å². The van der Waals surface area contributed by atoms with Gasteiger partial charge in [-0.3, -0.25) is 9.36 Å². The lowest BCUT2D eigenvalue weighted by atomic mass is 9.95. The van der Waals surface area contributed by atoms with E-state index in [1.807, 2.05) is 68.4 Å². The Balaban J connectivity index is 0.00000133. The topological polar surface area (TPSA) is 62.6 Å². The fraction of sp³-hybridized carbons (Fsp3) is 0.259. The summed E-state index contributed by atoms with van der Waals surface area (Å²) in [6.07, 6.45) is 1.71. The average molecular weight is 479 g/mol. The number of hydrogen-bond acceptors (Lipinski definition) is 5. The summed E-state index contributed by atoms with van der Waals surface area (Å²) < 4.78 is 19.2. The van der Waals surface area contributed by atoms with Crippen molar-refractivity contribution in [3.8, 4) is 16.9 Å². The van der Waals surface area contributed by atoms with Gasteiger partial charge in [0, 0.05) is 40.8 Å². The van der Waals surface area contributed by atoms with Crippen molar-refractivity contribution in [3.63, 3.8) is 0 Å². The van der Waals surface area contributed by atoms with Crippen molar-refractivity contribution in [3.05, 3.63) is 93.4 Å². The van der Waals surface area contributed by atoms with E-state index in [-0.39, 0.29) is 5.56 Å². The largest absolute Gasteiger partial charge is 0.497 e. The number of pyridine rings is 2. The second-order valence-corrected chi connectivity index (χ2v) is 8.04.